The summed E-state index contributed by atoms with van der Waals surface area (Å²) in [6.45, 7) is 9.07. The van der Waals surface area contributed by atoms with E-state index in [2.05, 4.69) is 0 Å². The first kappa shape index (κ1) is 42.5. The molecule has 53 heavy (non-hydrogen) atoms. The van der Waals surface area contributed by atoms with Crippen LogP contribution in [0.15, 0.2) is 65.6 Å². The molecule has 0 aliphatic carbocycles. The van der Waals surface area contributed by atoms with Crippen molar-refractivity contribution in [2.24, 2.45) is 0 Å². The summed E-state index contributed by atoms with van der Waals surface area (Å²) in [5.41, 5.74) is -0.504. The standard InChI is InChI=1S/C37H45NO14S/c1-22(39)38(35(45)52-36(6,7)8)31-29(48-24(3)41)19-37(53-28-17-13-10-14-18-28,34(44)47-20-27-15-11-9-12-16-27)51-33(31)32(50-26(5)43)30(49-25(4)42)21-46-23(2)40/h9-18,29-33H,19-21H2,1-8H3/t29?,30-,31-,32-,33?,37-/m1/s1. The number of carbonyl (C=O) groups excluding carboxylic acids is 7. The number of hydrogen-bond acceptors (Lipinski definition) is 15. The van der Waals surface area contributed by atoms with E-state index < -0.39 is 95.9 Å². The summed E-state index contributed by atoms with van der Waals surface area (Å²) in [7, 11) is 0. The van der Waals surface area contributed by atoms with Crippen molar-refractivity contribution >= 4 is 53.6 Å². The van der Waals surface area contributed by atoms with Crippen LogP contribution in [0.1, 0.15) is 67.4 Å². The monoisotopic (exact) mass is 759 g/mol. The van der Waals surface area contributed by atoms with E-state index in [0.717, 1.165) is 46.4 Å². The molecule has 0 radical (unpaired) electrons. The van der Waals surface area contributed by atoms with E-state index in [1.807, 2.05) is 0 Å². The second-order valence-electron chi connectivity index (χ2n) is 13.0. The number of thioether (sulfide) groups is 1. The van der Waals surface area contributed by atoms with Crippen LogP contribution in [0.5, 0.6) is 0 Å². The van der Waals surface area contributed by atoms with E-state index in [0.29, 0.717) is 15.4 Å². The molecule has 1 aliphatic rings. The molecule has 15 nitrogen and oxygen atoms in total. The van der Waals surface area contributed by atoms with Crippen molar-refractivity contribution in [1.29, 1.82) is 0 Å². The zero-order valence-electron chi connectivity index (χ0n) is 30.9. The van der Waals surface area contributed by atoms with Gasteiger partial charge in [0.05, 0.1) is 0 Å². The Labute approximate surface area is 311 Å². The van der Waals surface area contributed by atoms with Crippen molar-refractivity contribution in [2.75, 3.05) is 6.61 Å². The second-order valence-corrected chi connectivity index (χ2v) is 14.4. The topological polar surface area (TPSA) is 187 Å². The fourth-order valence-electron chi connectivity index (χ4n) is 5.51. The number of amides is 2. The third kappa shape index (κ3) is 12.6. The van der Waals surface area contributed by atoms with Gasteiger partial charge in [-0.25, -0.2) is 14.5 Å². The van der Waals surface area contributed by atoms with Gasteiger partial charge in [-0.2, -0.15) is 0 Å². The highest BCUT2D eigenvalue weighted by Crippen LogP contribution is 2.47. The van der Waals surface area contributed by atoms with Gasteiger partial charge in [-0.3, -0.25) is 24.0 Å². The molecule has 0 aromatic heterocycles. The average molecular weight is 760 g/mol. The molecule has 2 aromatic rings. The molecule has 0 saturated carbocycles. The fourth-order valence-corrected chi connectivity index (χ4v) is 6.73. The van der Waals surface area contributed by atoms with Gasteiger partial charge in [-0.15, -0.1) is 0 Å². The van der Waals surface area contributed by atoms with E-state index in [1.54, 1.807) is 81.4 Å². The number of ether oxygens (including phenoxy) is 7. The van der Waals surface area contributed by atoms with Gasteiger partial charge in [-0.05, 0) is 38.5 Å². The maximum absolute atomic E-state index is 14.5. The van der Waals surface area contributed by atoms with Gasteiger partial charge in [0.2, 0.25) is 10.8 Å². The minimum absolute atomic E-state index is 0.208. The van der Waals surface area contributed by atoms with Crippen molar-refractivity contribution in [1.82, 2.24) is 4.90 Å². The van der Waals surface area contributed by atoms with Gasteiger partial charge < -0.3 is 33.2 Å². The van der Waals surface area contributed by atoms with E-state index in [4.69, 9.17) is 33.2 Å². The van der Waals surface area contributed by atoms with Gasteiger partial charge in [-0.1, -0.05) is 60.3 Å². The fraction of sp³-hybridized carbons (Fsp3) is 0.486. The molecule has 6 atom stereocenters. The van der Waals surface area contributed by atoms with Crippen molar-refractivity contribution in [3.63, 3.8) is 0 Å². The smallest absolute Gasteiger partial charge is 0.417 e. The SMILES string of the molecule is CC(=O)OC[C@@H](OC(C)=O)[C@@H](OC(C)=O)C1O[C@](Sc2ccccc2)(C(=O)OCc2ccccc2)CC(OC(C)=O)[C@H]1N(C(C)=O)C(=O)OC(C)(C)C. The number of carbonyl (C=O) groups is 7. The Morgan fingerprint density at radius 1 is 0.811 bits per heavy atom. The molecule has 1 heterocycles. The van der Waals surface area contributed by atoms with Crippen LogP contribution in [-0.2, 0) is 68.5 Å². The van der Waals surface area contributed by atoms with Crippen LogP contribution in [-0.4, -0.2) is 94.3 Å². The quantitative estimate of drug-likeness (QED) is 0.205. The number of imide groups is 1. The highest BCUT2D eigenvalue weighted by atomic mass is 32.2. The Hall–Kier alpha value is -4.96. The lowest BCUT2D eigenvalue weighted by atomic mass is 9.88. The van der Waals surface area contributed by atoms with Gasteiger partial charge in [0.15, 0.2) is 12.2 Å². The molecule has 0 bridgehead atoms. The Balaban J connectivity index is 2.37. The Morgan fingerprint density at radius 3 is 1.91 bits per heavy atom. The zero-order valence-corrected chi connectivity index (χ0v) is 31.7. The minimum Gasteiger partial charge on any atom is -0.462 e. The van der Waals surface area contributed by atoms with Gasteiger partial charge in [0, 0.05) is 45.9 Å². The number of hydrogen-bond donors (Lipinski definition) is 0. The van der Waals surface area contributed by atoms with Crippen LogP contribution >= 0.6 is 11.8 Å². The molecule has 0 N–H and O–H groups in total. The molecule has 1 saturated heterocycles. The van der Waals surface area contributed by atoms with Crippen LogP contribution in [0.25, 0.3) is 0 Å². The number of esters is 5. The molecule has 2 amide bonds. The first-order chi connectivity index (χ1) is 24.8. The normalized spacial score (nSPS) is 20.8. The lowest BCUT2D eigenvalue weighted by Crippen LogP contribution is -2.69. The largest absolute Gasteiger partial charge is 0.462 e. The molecule has 16 heteroatoms. The molecule has 1 aliphatic heterocycles. The first-order valence-corrected chi connectivity index (χ1v) is 17.4. The molecule has 3 rings (SSSR count). The highest BCUT2D eigenvalue weighted by molar-refractivity contribution is 8.01. The third-order valence-corrected chi connectivity index (χ3v) is 8.64. The summed E-state index contributed by atoms with van der Waals surface area (Å²) in [5.74, 6) is -5.38. The summed E-state index contributed by atoms with van der Waals surface area (Å²) in [6, 6.07) is 15.6. The third-order valence-electron chi connectivity index (χ3n) is 7.37. The van der Waals surface area contributed by atoms with E-state index in [9.17, 15) is 33.6 Å². The Kier molecular flexibility index (Phi) is 15.0. The highest BCUT2D eigenvalue weighted by Gasteiger charge is 2.61. The van der Waals surface area contributed by atoms with E-state index in [-0.39, 0.29) is 6.61 Å². The van der Waals surface area contributed by atoms with Crippen molar-refractivity contribution in [3.8, 4) is 0 Å². The molecule has 2 unspecified atom stereocenters. The predicted molar refractivity (Wildman–Crippen MR) is 187 cm³/mol. The van der Waals surface area contributed by atoms with Crippen molar-refractivity contribution < 1.29 is 66.7 Å². The minimum atomic E-state index is -2.14. The van der Waals surface area contributed by atoms with Gasteiger partial charge in [0.1, 0.15) is 37.1 Å². The molecular weight excluding hydrogens is 714 g/mol. The van der Waals surface area contributed by atoms with Crippen LogP contribution in [0.4, 0.5) is 4.79 Å². The maximum Gasteiger partial charge on any atom is 0.417 e. The van der Waals surface area contributed by atoms with Crippen LogP contribution < -0.4 is 0 Å². The summed E-state index contributed by atoms with van der Waals surface area (Å²) in [6.07, 6.45) is -8.57. The van der Waals surface area contributed by atoms with Crippen LogP contribution in [0, 0.1) is 0 Å². The van der Waals surface area contributed by atoms with Gasteiger partial charge in [0.25, 0.3) is 0 Å². The number of nitrogens with zero attached hydrogens (tertiary/aromatic N) is 1. The number of rotatable bonds is 13. The van der Waals surface area contributed by atoms with E-state index in [1.165, 1.54) is 0 Å². The van der Waals surface area contributed by atoms with Crippen molar-refractivity contribution in [2.45, 2.75) is 114 Å². The first-order valence-electron chi connectivity index (χ1n) is 16.6. The summed E-state index contributed by atoms with van der Waals surface area (Å²) < 4.78 is 40.2. The zero-order chi connectivity index (χ0) is 39.5. The molecule has 0 spiro atoms. The Morgan fingerprint density at radius 2 is 1.40 bits per heavy atom. The summed E-state index contributed by atoms with van der Waals surface area (Å²) >= 11 is 0.869. The molecule has 2 aromatic carbocycles. The van der Waals surface area contributed by atoms with E-state index >= 15 is 0 Å². The molecular formula is C37H45NO14S. The maximum atomic E-state index is 14.5. The molecule has 1 fully saturated rings. The predicted octanol–water partition coefficient (Wildman–Crippen LogP) is 4.52. The summed E-state index contributed by atoms with van der Waals surface area (Å²) in [5, 5.41) is 0. The van der Waals surface area contributed by atoms with Gasteiger partial charge >= 0.3 is 35.9 Å². The lowest BCUT2D eigenvalue weighted by molar-refractivity contribution is -0.233. The van der Waals surface area contributed by atoms with Crippen molar-refractivity contribution in [3.05, 3.63) is 66.2 Å². The second kappa shape index (κ2) is 18.7. The Bertz CT molecular complexity index is 1630. The lowest BCUT2D eigenvalue weighted by Gasteiger charge is -2.50. The van der Waals surface area contributed by atoms with Crippen LogP contribution in [0.2, 0.25) is 0 Å². The van der Waals surface area contributed by atoms with Crippen LogP contribution in [0.3, 0.4) is 0 Å². The number of benzene rings is 2. The summed E-state index contributed by atoms with van der Waals surface area (Å²) in [4.78, 5) is 90.7. The molecule has 288 valence electrons. The average Bonchev–Trinajstić information content (AvgIpc) is 3.05.